The molecular formula is C17H24N6O. The number of nitrogens with one attached hydrogen (secondary N) is 1. The first kappa shape index (κ1) is 15.4. The Balaban J connectivity index is 1.60. The van der Waals surface area contributed by atoms with Crippen LogP contribution in [0.4, 0.5) is 11.8 Å². The average Bonchev–Trinajstić information content (AvgIpc) is 3.37. The number of aryl methyl sites for hydroxylation is 2. The highest BCUT2D eigenvalue weighted by Gasteiger charge is 2.33. The van der Waals surface area contributed by atoms with Gasteiger partial charge < -0.3 is 15.3 Å². The average molecular weight is 328 g/mol. The zero-order chi connectivity index (χ0) is 16.7. The van der Waals surface area contributed by atoms with Gasteiger partial charge in [0, 0.05) is 31.9 Å². The van der Waals surface area contributed by atoms with Crippen LogP contribution in [0.15, 0.2) is 12.1 Å². The lowest BCUT2D eigenvalue weighted by Crippen LogP contribution is -2.25. The van der Waals surface area contributed by atoms with Gasteiger partial charge in [0.25, 0.3) is 0 Å². The molecule has 7 heteroatoms. The van der Waals surface area contributed by atoms with E-state index in [2.05, 4.69) is 31.3 Å². The van der Waals surface area contributed by atoms with Gasteiger partial charge in [-0.15, -0.1) is 0 Å². The molecule has 2 aromatic heterocycles. The summed E-state index contributed by atoms with van der Waals surface area (Å²) >= 11 is 0. The Morgan fingerprint density at radius 1 is 1.25 bits per heavy atom. The van der Waals surface area contributed by atoms with Crippen molar-refractivity contribution in [3.63, 3.8) is 0 Å². The van der Waals surface area contributed by atoms with Crippen molar-refractivity contribution in [3.05, 3.63) is 29.2 Å². The zero-order valence-corrected chi connectivity index (χ0v) is 14.2. The highest BCUT2D eigenvalue weighted by atomic mass is 16.3. The molecule has 7 nitrogen and oxygen atoms in total. The maximum atomic E-state index is 10.3. The van der Waals surface area contributed by atoms with Crippen LogP contribution in [0.2, 0.25) is 0 Å². The number of aliphatic hydroxyl groups excluding tert-OH is 1. The summed E-state index contributed by atoms with van der Waals surface area (Å²) in [6.07, 6.45) is 2.79. The van der Waals surface area contributed by atoms with Crippen LogP contribution in [0.25, 0.3) is 0 Å². The number of aliphatic hydroxyl groups is 1. The highest BCUT2D eigenvalue weighted by Crippen LogP contribution is 2.40. The second-order valence-corrected chi connectivity index (χ2v) is 6.79. The second kappa shape index (κ2) is 6.05. The van der Waals surface area contributed by atoms with E-state index < -0.39 is 6.10 Å². The molecule has 2 aliphatic rings. The van der Waals surface area contributed by atoms with Crippen LogP contribution < -0.4 is 10.2 Å². The van der Waals surface area contributed by atoms with E-state index >= 15 is 0 Å². The Hall–Kier alpha value is -2.15. The fourth-order valence-corrected chi connectivity index (χ4v) is 3.28. The van der Waals surface area contributed by atoms with Crippen molar-refractivity contribution in [2.24, 2.45) is 5.92 Å². The molecular weight excluding hydrogens is 304 g/mol. The zero-order valence-electron chi connectivity index (χ0n) is 14.2. The summed E-state index contributed by atoms with van der Waals surface area (Å²) in [6, 6.07) is 3.99. The van der Waals surface area contributed by atoms with E-state index in [1.165, 1.54) is 0 Å². The summed E-state index contributed by atoms with van der Waals surface area (Å²) in [7, 11) is 1.87. The molecule has 1 saturated carbocycles. The fourth-order valence-electron chi connectivity index (χ4n) is 3.28. The molecule has 0 radical (unpaired) electrons. The first-order valence-corrected chi connectivity index (χ1v) is 8.67. The van der Waals surface area contributed by atoms with Gasteiger partial charge in [-0.3, -0.25) is 4.68 Å². The number of nitrogens with zero attached hydrogens (tertiary/aromatic N) is 5. The summed E-state index contributed by atoms with van der Waals surface area (Å²) in [5, 5.41) is 18.1. The maximum Gasteiger partial charge on any atom is 0.227 e. The fraction of sp³-hybridized carbons (Fsp3) is 0.588. The van der Waals surface area contributed by atoms with Gasteiger partial charge in [0.1, 0.15) is 11.9 Å². The summed E-state index contributed by atoms with van der Waals surface area (Å²) in [5.41, 5.74) is 2.89. The molecule has 2 N–H and O–H groups in total. The molecule has 0 saturated heterocycles. The minimum absolute atomic E-state index is 0.401. The number of hydrogen-bond acceptors (Lipinski definition) is 6. The van der Waals surface area contributed by atoms with Crippen molar-refractivity contribution in [2.75, 3.05) is 23.8 Å². The van der Waals surface area contributed by atoms with Gasteiger partial charge in [-0.05, 0) is 38.2 Å². The second-order valence-electron chi connectivity index (χ2n) is 6.79. The number of rotatable bonds is 4. The van der Waals surface area contributed by atoms with E-state index in [-0.39, 0.29) is 0 Å². The Bertz CT molecular complexity index is 739. The largest absolute Gasteiger partial charge is 0.386 e. The lowest BCUT2D eigenvalue weighted by Gasteiger charge is -2.20. The van der Waals surface area contributed by atoms with Gasteiger partial charge >= 0.3 is 0 Å². The van der Waals surface area contributed by atoms with Crippen molar-refractivity contribution in [2.45, 2.75) is 45.4 Å². The summed E-state index contributed by atoms with van der Waals surface area (Å²) < 4.78 is 2.04. The smallest absolute Gasteiger partial charge is 0.227 e. The van der Waals surface area contributed by atoms with Crippen molar-refractivity contribution >= 4 is 11.8 Å². The molecule has 0 unspecified atom stereocenters. The number of aromatic nitrogens is 4. The Kier molecular flexibility index (Phi) is 3.88. The number of fused-ring (bicyclic) bond motifs is 1. The van der Waals surface area contributed by atoms with Crippen LogP contribution in [0.1, 0.15) is 42.4 Å². The van der Waals surface area contributed by atoms with Gasteiger partial charge in [-0.2, -0.15) is 10.1 Å². The topological polar surface area (TPSA) is 79.1 Å². The van der Waals surface area contributed by atoms with Crippen LogP contribution >= 0.6 is 0 Å². The summed E-state index contributed by atoms with van der Waals surface area (Å²) in [4.78, 5) is 11.4. The van der Waals surface area contributed by atoms with Crippen molar-refractivity contribution in [1.29, 1.82) is 0 Å². The quantitative estimate of drug-likeness (QED) is 0.892. The number of hydrogen-bond donors (Lipinski definition) is 2. The Morgan fingerprint density at radius 3 is 2.83 bits per heavy atom. The van der Waals surface area contributed by atoms with Gasteiger partial charge in [0.15, 0.2) is 0 Å². The molecule has 0 bridgehead atoms. The molecule has 1 aliphatic carbocycles. The molecule has 0 amide bonds. The molecule has 24 heavy (non-hydrogen) atoms. The lowest BCUT2D eigenvalue weighted by molar-refractivity contribution is 0.148. The predicted octanol–water partition coefficient (Wildman–Crippen LogP) is 1.88. The third-order valence-electron chi connectivity index (χ3n) is 4.79. The molecule has 0 spiro atoms. The highest BCUT2D eigenvalue weighted by molar-refractivity contribution is 5.43. The molecule has 1 fully saturated rings. The molecule has 128 valence electrons. The van der Waals surface area contributed by atoms with Gasteiger partial charge in [-0.25, -0.2) is 4.98 Å². The standard InChI is InChI=1S/C17H24N6O/c1-11-8-15(18-2)20-17(19-11)22-6-3-7-23-13(10-22)9-14(21-23)16(24)12-4-5-12/h8-9,12,16,24H,3-7,10H2,1-2H3,(H,18,19,20)/t16-/m1/s1. The van der Waals surface area contributed by atoms with Crippen LogP contribution in [0, 0.1) is 12.8 Å². The first-order chi connectivity index (χ1) is 11.6. The van der Waals surface area contributed by atoms with E-state index in [4.69, 9.17) is 0 Å². The predicted molar refractivity (Wildman–Crippen MR) is 91.9 cm³/mol. The molecule has 4 rings (SSSR count). The SMILES string of the molecule is CNc1cc(C)nc(N2CCCn3nc([C@H](O)C4CC4)cc3C2)n1. The normalized spacial score (nSPS) is 18.9. The van der Waals surface area contributed by atoms with E-state index in [0.29, 0.717) is 5.92 Å². The van der Waals surface area contributed by atoms with E-state index in [1.807, 2.05) is 24.7 Å². The van der Waals surface area contributed by atoms with E-state index in [1.54, 1.807) is 0 Å². The molecule has 1 atom stereocenters. The van der Waals surface area contributed by atoms with Crippen LogP contribution in [0.5, 0.6) is 0 Å². The lowest BCUT2D eigenvalue weighted by atomic mass is 10.1. The van der Waals surface area contributed by atoms with Crippen LogP contribution in [-0.2, 0) is 13.1 Å². The van der Waals surface area contributed by atoms with Crippen LogP contribution in [-0.4, -0.2) is 38.4 Å². The van der Waals surface area contributed by atoms with E-state index in [9.17, 15) is 5.11 Å². The minimum Gasteiger partial charge on any atom is -0.386 e. The van der Waals surface area contributed by atoms with Gasteiger partial charge in [-0.1, -0.05) is 0 Å². The summed E-state index contributed by atoms with van der Waals surface area (Å²) in [5.74, 6) is 1.98. The molecule has 3 heterocycles. The monoisotopic (exact) mass is 328 g/mol. The van der Waals surface area contributed by atoms with Crippen molar-refractivity contribution in [3.8, 4) is 0 Å². The Labute approximate surface area is 141 Å². The van der Waals surface area contributed by atoms with Crippen molar-refractivity contribution < 1.29 is 5.11 Å². The minimum atomic E-state index is -0.413. The third-order valence-corrected chi connectivity index (χ3v) is 4.79. The van der Waals surface area contributed by atoms with Gasteiger partial charge in [0.2, 0.25) is 5.95 Å². The molecule has 0 aromatic carbocycles. The van der Waals surface area contributed by atoms with E-state index in [0.717, 1.165) is 67.7 Å². The van der Waals surface area contributed by atoms with Crippen LogP contribution in [0.3, 0.4) is 0 Å². The molecule has 2 aromatic rings. The Morgan fingerprint density at radius 2 is 2.08 bits per heavy atom. The maximum absolute atomic E-state index is 10.3. The number of anilines is 2. The summed E-state index contributed by atoms with van der Waals surface area (Å²) in [6.45, 7) is 4.47. The van der Waals surface area contributed by atoms with Crippen molar-refractivity contribution in [1.82, 2.24) is 19.7 Å². The first-order valence-electron chi connectivity index (χ1n) is 8.67. The third kappa shape index (κ3) is 2.96. The molecule has 1 aliphatic heterocycles. The van der Waals surface area contributed by atoms with Gasteiger partial charge in [0.05, 0.1) is 17.9 Å².